The van der Waals surface area contributed by atoms with Crippen molar-refractivity contribution in [3.8, 4) is 0 Å². The fourth-order valence-electron chi connectivity index (χ4n) is 3.78. The molecule has 0 saturated carbocycles. The van der Waals surface area contributed by atoms with Crippen molar-refractivity contribution in [3.63, 3.8) is 0 Å². The summed E-state index contributed by atoms with van der Waals surface area (Å²) in [6.07, 6.45) is -0.283. The van der Waals surface area contributed by atoms with Crippen LogP contribution < -0.4 is 79.2 Å². The van der Waals surface area contributed by atoms with Crippen LogP contribution in [-0.2, 0) is 0 Å². The zero-order valence-electron chi connectivity index (χ0n) is 16.1. The monoisotopic (exact) mass is 620 g/mol. The summed E-state index contributed by atoms with van der Waals surface area (Å²) in [6.45, 7) is 1.37. The minimum atomic E-state index is -0.0708. The van der Waals surface area contributed by atoms with Gasteiger partial charge in [-0.15, -0.1) is 0 Å². The lowest BCUT2D eigenvalue weighted by Gasteiger charge is -2.13. The van der Waals surface area contributed by atoms with Gasteiger partial charge in [0.2, 0.25) is 24.7 Å². The van der Waals surface area contributed by atoms with Crippen LogP contribution in [0.1, 0.15) is 0 Å². The van der Waals surface area contributed by atoms with Crippen LogP contribution in [0.4, 0.5) is 9.59 Å². The van der Waals surface area contributed by atoms with E-state index in [-0.39, 0.29) is 84.7 Å². The highest BCUT2D eigenvalue weighted by atomic mass is 127. The van der Waals surface area contributed by atoms with Crippen molar-refractivity contribution in [1.29, 1.82) is 0 Å². The number of nitrogens with one attached hydrogen (secondary N) is 6. The van der Waals surface area contributed by atoms with Gasteiger partial charge in [0, 0.05) is 28.2 Å². The van der Waals surface area contributed by atoms with E-state index in [1.807, 2.05) is 0 Å². The van der Waals surface area contributed by atoms with E-state index in [4.69, 9.17) is 0 Å². The lowest BCUT2D eigenvalue weighted by atomic mass is 10.4. The summed E-state index contributed by atoms with van der Waals surface area (Å²) in [6, 6.07) is -0.0102. The molecule has 0 bridgehead atoms. The number of hydrogen-bond acceptors (Lipinski definition) is 2. The molecule has 4 unspecified atom stereocenters. The fraction of sp³-hybridized carbons (Fsp3) is 0.714. The number of likely N-dealkylation sites (N-methyl/N-ethyl adjacent to an activating group) is 4. The van der Waals surface area contributed by atoms with Crippen molar-refractivity contribution in [2.45, 2.75) is 24.7 Å². The predicted molar refractivity (Wildman–Crippen MR) is 91.2 cm³/mol. The minimum absolute atomic E-state index is 0. The molecule has 4 amide bonds. The summed E-state index contributed by atoms with van der Waals surface area (Å²) < 4.78 is 0. The van der Waals surface area contributed by atoms with Crippen molar-refractivity contribution in [2.75, 3.05) is 41.3 Å². The maximum Gasteiger partial charge on any atom is 0.347 e. The van der Waals surface area contributed by atoms with Gasteiger partial charge in [0.05, 0.1) is 13.1 Å². The molecule has 28 heavy (non-hydrogen) atoms. The maximum atomic E-state index is 11.9. The van der Waals surface area contributed by atoms with Crippen molar-refractivity contribution in [1.82, 2.24) is 40.9 Å². The summed E-state index contributed by atoms with van der Waals surface area (Å²) in [7, 11) is 7.14. The third-order valence-corrected chi connectivity index (χ3v) is 5.37. The van der Waals surface area contributed by atoms with E-state index in [2.05, 4.69) is 31.3 Å². The Hall–Kier alpha value is -1.46. The Morgan fingerprint density at radius 2 is 0.893 bits per heavy atom. The second-order valence-corrected chi connectivity index (χ2v) is 6.97. The van der Waals surface area contributed by atoms with Crippen LogP contribution in [0, 0.1) is 0 Å². The topological polar surface area (TPSA) is 123 Å². The quantitative estimate of drug-likeness (QED) is 0.138. The summed E-state index contributed by atoms with van der Waals surface area (Å²) in [5, 5.41) is 13.1. The Bertz CT molecular complexity index is 602. The predicted octanol–water partition coefficient (Wildman–Crippen LogP) is -12.4. The number of rotatable bonds is 3. The molecule has 0 aromatic carbocycles. The SMILES string of the molecule is CN1C(=O)N(C)C2NC(=[NH+]CC[NH+]=C3NC4C(N3)N(C)C(=O)N4C)NC21.[I-].[I-]. The highest BCUT2D eigenvalue weighted by Gasteiger charge is 2.52. The van der Waals surface area contributed by atoms with Gasteiger partial charge >= 0.3 is 24.0 Å². The Balaban J connectivity index is 0.00000140. The lowest BCUT2D eigenvalue weighted by molar-refractivity contribution is -0.541. The first-order valence-electron chi connectivity index (χ1n) is 8.65. The smallest absolute Gasteiger partial charge is 0.347 e. The van der Waals surface area contributed by atoms with Gasteiger partial charge < -0.3 is 48.0 Å². The average Bonchev–Trinajstić information content (AvgIpc) is 3.33. The molecule has 0 spiro atoms. The fourth-order valence-corrected chi connectivity index (χ4v) is 3.78. The molecule has 4 heterocycles. The first-order chi connectivity index (χ1) is 12.4. The van der Waals surface area contributed by atoms with Crippen LogP contribution >= 0.6 is 0 Å². The van der Waals surface area contributed by atoms with Crippen LogP contribution in [0.5, 0.6) is 0 Å². The number of halogens is 2. The van der Waals surface area contributed by atoms with Crippen LogP contribution in [-0.4, -0.2) is 110 Å². The van der Waals surface area contributed by atoms with E-state index >= 15 is 0 Å². The molecule has 4 aliphatic heterocycles. The van der Waals surface area contributed by atoms with Gasteiger partial charge in [0.15, 0.2) is 0 Å². The molecule has 4 aliphatic rings. The van der Waals surface area contributed by atoms with Crippen LogP contribution in [0.15, 0.2) is 0 Å². The zero-order chi connectivity index (χ0) is 18.6. The summed E-state index contributed by atoms with van der Waals surface area (Å²) in [4.78, 5) is 37.0. The number of fused-ring (bicyclic) bond motifs is 2. The molecule has 0 aromatic rings. The highest BCUT2D eigenvalue weighted by molar-refractivity contribution is 5.85. The first kappa shape index (κ1) is 22.8. The largest absolute Gasteiger partial charge is 1.00 e. The van der Waals surface area contributed by atoms with Gasteiger partial charge in [-0.1, -0.05) is 0 Å². The van der Waals surface area contributed by atoms with E-state index in [1.165, 1.54) is 0 Å². The Morgan fingerprint density at radius 3 is 1.14 bits per heavy atom. The van der Waals surface area contributed by atoms with Gasteiger partial charge in [-0.25, -0.2) is 9.59 Å². The zero-order valence-corrected chi connectivity index (χ0v) is 20.4. The van der Waals surface area contributed by atoms with Gasteiger partial charge in [-0.2, -0.15) is 0 Å². The second kappa shape index (κ2) is 8.50. The van der Waals surface area contributed by atoms with E-state index < -0.39 is 0 Å². The molecule has 14 heteroatoms. The van der Waals surface area contributed by atoms with Crippen LogP contribution in [0.3, 0.4) is 0 Å². The van der Waals surface area contributed by atoms with Crippen molar-refractivity contribution in [2.24, 2.45) is 0 Å². The third-order valence-electron chi connectivity index (χ3n) is 5.37. The Kier molecular flexibility index (Phi) is 6.93. The molecule has 6 N–H and O–H groups in total. The molecular weight excluding hydrogens is 594 g/mol. The van der Waals surface area contributed by atoms with E-state index in [0.29, 0.717) is 13.1 Å². The normalized spacial score (nSPS) is 30.0. The van der Waals surface area contributed by atoms with Crippen molar-refractivity contribution >= 4 is 24.0 Å². The molecule has 4 saturated heterocycles. The molecule has 158 valence electrons. The molecule has 4 atom stereocenters. The number of amides is 4. The van der Waals surface area contributed by atoms with Crippen LogP contribution in [0.2, 0.25) is 0 Å². The highest BCUT2D eigenvalue weighted by Crippen LogP contribution is 2.19. The van der Waals surface area contributed by atoms with Gasteiger partial charge in [-0.05, 0) is 0 Å². The first-order valence-corrected chi connectivity index (χ1v) is 8.65. The summed E-state index contributed by atoms with van der Waals surface area (Å²) in [5.41, 5.74) is 0. The molecule has 0 radical (unpaired) electrons. The Morgan fingerprint density at radius 1 is 0.643 bits per heavy atom. The van der Waals surface area contributed by atoms with Crippen molar-refractivity contribution < 1.29 is 67.5 Å². The van der Waals surface area contributed by atoms with Crippen LogP contribution in [0.25, 0.3) is 0 Å². The average molecular weight is 620 g/mol. The van der Waals surface area contributed by atoms with Gasteiger partial charge in [0.1, 0.15) is 0 Å². The number of urea groups is 2. The third kappa shape index (κ3) is 3.59. The summed E-state index contributed by atoms with van der Waals surface area (Å²) >= 11 is 0. The number of carbonyl (C=O) groups excluding carboxylic acids is 2. The van der Waals surface area contributed by atoms with Crippen molar-refractivity contribution in [3.05, 3.63) is 0 Å². The van der Waals surface area contributed by atoms with E-state index in [0.717, 1.165) is 11.9 Å². The number of carbonyl (C=O) groups is 2. The number of hydrogen-bond donors (Lipinski definition) is 6. The molecule has 0 aromatic heterocycles. The van der Waals surface area contributed by atoms with Gasteiger partial charge in [0.25, 0.3) is 0 Å². The maximum absolute atomic E-state index is 11.9. The lowest BCUT2D eigenvalue weighted by Crippen LogP contribution is -3.00. The molecule has 0 aliphatic carbocycles. The molecule has 4 rings (SSSR count). The molecular formula is C14H26I2N10O2. The van der Waals surface area contributed by atoms with Gasteiger partial charge in [-0.3, -0.25) is 50.9 Å². The molecule has 12 nitrogen and oxygen atoms in total. The standard InChI is InChI=1S/C14H24N10O2.2HI/c1-21-7-8(22(2)13(21)25)18-11(17-7)15-5-6-16-12-19-9-10(20-12)24(4)14(26)23(9)3;;/h7-10H,5-6H2,1-4H3,(H2,15,17,18)(H2,16,19,20);2*1H. The van der Waals surface area contributed by atoms with E-state index in [1.54, 1.807) is 47.8 Å². The number of nitrogens with zero attached hydrogens (tertiary/aromatic N) is 4. The minimum Gasteiger partial charge on any atom is -1.00 e. The molecule has 4 fully saturated rings. The second-order valence-electron chi connectivity index (χ2n) is 6.97. The Labute approximate surface area is 197 Å². The van der Waals surface area contributed by atoms with E-state index in [9.17, 15) is 9.59 Å². The summed E-state index contributed by atoms with van der Waals surface area (Å²) in [5.74, 6) is 1.62. The number of guanidine groups is 2.